The second kappa shape index (κ2) is 9.73. The molecule has 0 aromatic heterocycles. The molecule has 1 unspecified atom stereocenters. The summed E-state index contributed by atoms with van der Waals surface area (Å²) in [5.74, 6) is 1.37. The molecule has 1 aliphatic carbocycles. The van der Waals surface area contributed by atoms with E-state index in [1.807, 2.05) is 0 Å². The Balaban J connectivity index is 1.75. The lowest BCUT2D eigenvalue weighted by molar-refractivity contribution is 0.0259. The maximum Gasteiger partial charge on any atom is 0.0897 e. The van der Waals surface area contributed by atoms with Crippen LogP contribution < -0.4 is 5.32 Å². The Morgan fingerprint density at radius 3 is 2.67 bits per heavy atom. The summed E-state index contributed by atoms with van der Waals surface area (Å²) in [4.78, 5) is 0. The molecule has 1 aliphatic rings. The quantitative estimate of drug-likeness (QED) is 0.521. The standard InChI is InChI=1S/C14H29NO3/c1-12(2)9-18-11-14(16)8-15-6-3-7-17-10-13-4-5-13/h12-16H,3-11H2,1-2H3. The average Bonchev–Trinajstić information content (AvgIpc) is 3.11. The maximum absolute atomic E-state index is 9.63. The third-order valence-electron chi connectivity index (χ3n) is 2.83. The van der Waals surface area contributed by atoms with Gasteiger partial charge in [-0.1, -0.05) is 13.8 Å². The molecule has 4 nitrogen and oxygen atoms in total. The van der Waals surface area contributed by atoms with Crippen LogP contribution in [0.25, 0.3) is 0 Å². The molecule has 0 aromatic carbocycles. The van der Waals surface area contributed by atoms with Crippen LogP contribution in [-0.2, 0) is 9.47 Å². The third kappa shape index (κ3) is 9.83. The second-order valence-corrected chi connectivity index (χ2v) is 5.66. The Morgan fingerprint density at radius 1 is 1.22 bits per heavy atom. The molecule has 0 aromatic rings. The van der Waals surface area contributed by atoms with E-state index in [0.717, 1.165) is 32.1 Å². The summed E-state index contributed by atoms with van der Waals surface area (Å²) in [6.45, 7) is 8.59. The van der Waals surface area contributed by atoms with Gasteiger partial charge < -0.3 is 19.9 Å². The van der Waals surface area contributed by atoms with E-state index in [0.29, 0.717) is 25.7 Å². The molecule has 0 spiro atoms. The fourth-order valence-corrected chi connectivity index (χ4v) is 1.60. The third-order valence-corrected chi connectivity index (χ3v) is 2.83. The molecule has 108 valence electrons. The minimum absolute atomic E-state index is 0.406. The number of ether oxygens (including phenoxy) is 2. The lowest BCUT2D eigenvalue weighted by atomic mass is 10.2. The Labute approximate surface area is 111 Å². The highest BCUT2D eigenvalue weighted by Crippen LogP contribution is 2.28. The fourth-order valence-electron chi connectivity index (χ4n) is 1.60. The zero-order valence-corrected chi connectivity index (χ0v) is 11.9. The lowest BCUT2D eigenvalue weighted by Crippen LogP contribution is -2.31. The molecule has 0 saturated heterocycles. The van der Waals surface area contributed by atoms with E-state index in [4.69, 9.17) is 9.47 Å². The van der Waals surface area contributed by atoms with Gasteiger partial charge in [0.1, 0.15) is 0 Å². The van der Waals surface area contributed by atoms with Gasteiger partial charge in [-0.2, -0.15) is 0 Å². The molecule has 1 fully saturated rings. The minimum atomic E-state index is -0.406. The normalized spacial score (nSPS) is 17.3. The van der Waals surface area contributed by atoms with Crippen molar-refractivity contribution in [3.63, 3.8) is 0 Å². The van der Waals surface area contributed by atoms with Crippen molar-refractivity contribution < 1.29 is 14.6 Å². The van der Waals surface area contributed by atoms with Crippen LogP contribution in [0.2, 0.25) is 0 Å². The summed E-state index contributed by atoms with van der Waals surface area (Å²) < 4.78 is 10.9. The highest BCUT2D eigenvalue weighted by atomic mass is 16.5. The highest BCUT2D eigenvalue weighted by molar-refractivity contribution is 4.71. The summed E-state index contributed by atoms with van der Waals surface area (Å²) >= 11 is 0. The van der Waals surface area contributed by atoms with Crippen molar-refractivity contribution >= 4 is 0 Å². The van der Waals surface area contributed by atoms with Gasteiger partial charge in [-0.15, -0.1) is 0 Å². The zero-order valence-electron chi connectivity index (χ0n) is 11.9. The fraction of sp³-hybridized carbons (Fsp3) is 1.00. The predicted molar refractivity (Wildman–Crippen MR) is 72.7 cm³/mol. The number of rotatable bonds is 12. The monoisotopic (exact) mass is 259 g/mol. The van der Waals surface area contributed by atoms with E-state index in [9.17, 15) is 5.11 Å². The number of hydrogen-bond acceptors (Lipinski definition) is 4. The SMILES string of the molecule is CC(C)COCC(O)CNCCCOCC1CC1. The first-order valence-corrected chi connectivity index (χ1v) is 7.22. The Morgan fingerprint density at radius 2 is 2.00 bits per heavy atom. The smallest absolute Gasteiger partial charge is 0.0897 e. The van der Waals surface area contributed by atoms with E-state index in [1.54, 1.807) is 0 Å². The molecule has 18 heavy (non-hydrogen) atoms. The van der Waals surface area contributed by atoms with Gasteiger partial charge >= 0.3 is 0 Å². The first kappa shape index (κ1) is 15.9. The summed E-state index contributed by atoms with van der Waals surface area (Å²) in [6, 6.07) is 0. The van der Waals surface area contributed by atoms with Crippen LogP contribution in [0.4, 0.5) is 0 Å². The molecule has 0 aliphatic heterocycles. The van der Waals surface area contributed by atoms with Crippen molar-refractivity contribution in [3.8, 4) is 0 Å². The molecule has 1 rings (SSSR count). The van der Waals surface area contributed by atoms with Crippen molar-refractivity contribution in [3.05, 3.63) is 0 Å². The molecule has 0 bridgehead atoms. The van der Waals surface area contributed by atoms with Gasteiger partial charge in [0.05, 0.1) is 12.7 Å². The molecular formula is C14H29NO3. The van der Waals surface area contributed by atoms with Crippen LogP contribution in [0.15, 0.2) is 0 Å². The van der Waals surface area contributed by atoms with Crippen LogP contribution in [0.5, 0.6) is 0 Å². The summed E-state index contributed by atoms with van der Waals surface area (Å²) in [7, 11) is 0. The minimum Gasteiger partial charge on any atom is -0.389 e. The van der Waals surface area contributed by atoms with Gasteiger partial charge in [0, 0.05) is 26.4 Å². The van der Waals surface area contributed by atoms with E-state index in [2.05, 4.69) is 19.2 Å². The van der Waals surface area contributed by atoms with Crippen molar-refractivity contribution in [2.24, 2.45) is 11.8 Å². The number of aliphatic hydroxyl groups is 1. The summed E-state index contributed by atoms with van der Waals surface area (Å²) in [5.41, 5.74) is 0. The predicted octanol–water partition coefficient (Wildman–Crippen LogP) is 1.43. The van der Waals surface area contributed by atoms with Crippen LogP contribution >= 0.6 is 0 Å². The second-order valence-electron chi connectivity index (χ2n) is 5.66. The molecule has 1 saturated carbocycles. The zero-order chi connectivity index (χ0) is 13.2. The van der Waals surface area contributed by atoms with E-state index in [1.165, 1.54) is 12.8 Å². The van der Waals surface area contributed by atoms with Gasteiger partial charge in [0.2, 0.25) is 0 Å². The molecule has 0 radical (unpaired) electrons. The topological polar surface area (TPSA) is 50.7 Å². The maximum atomic E-state index is 9.63. The van der Waals surface area contributed by atoms with Gasteiger partial charge in [-0.25, -0.2) is 0 Å². The van der Waals surface area contributed by atoms with Gasteiger partial charge in [-0.05, 0) is 37.6 Å². The van der Waals surface area contributed by atoms with Crippen LogP contribution in [0.1, 0.15) is 33.1 Å². The van der Waals surface area contributed by atoms with Crippen molar-refractivity contribution in [2.45, 2.75) is 39.2 Å². The van der Waals surface area contributed by atoms with Crippen molar-refractivity contribution in [2.75, 3.05) is 39.5 Å². The van der Waals surface area contributed by atoms with Crippen LogP contribution in [-0.4, -0.2) is 50.7 Å². The van der Waals surface area contributed by atoms with Crippen molar-refractivity contribution in [1.29, 1.82) is 0 Å². The van der Waals surface area contributed by atoms with Gasteiger partial charge in [0.25, 0.3) is 0 Å². The van der Waals surface area contributed by atoms with Crippen LogP contribution in [0.3, 0.4) is 0 Å². The molecule has 0 amide bonds. The van der Waals surface area contributed by atoms with E-state index < -0.39 is 6.10 Å². The van der Waals surface area contributed by atoms with Gasteiger partial charge in [0.15, 0.2) is 0 Å². The summed E-state index contributed by atoms with van der Waals surface area (Å²) in [5, 5.41) is 12.8. The first-order valence-electron chi connectivity index (χ1n) is 7.22. The van der Waals surface area contributed by atoms with Crippen molar-refractivity contribution in [1.82, 2.24) is 5.32 Å². The Bertz CT molecular complexity index is 195. The molecule has 4 heteroatoms. The number of nitrogens with one attached hydrogen (secondary N) is 1. The molecule has 0 heterocycles. The van der Waals surface area contributed by atoms with E-state index in [-0.39, 0.29) is 0 Å². The lowest BCUT2D eigenvalue weighted by Gasteiger charge is -2.13. The van der Waals surface area contributed by atoms with Gasteiger partial charge in [-0.3, -0.25) is 0 Å². The molecular weight excluding hydrogens is 230 g/mol. The Kier molecular flexibility index (Phi) is 8.59. The molecule has 2 N–H and O–H groups in total. The average molecular weight is 259 g/mol. The molecule has 1 atom stereocenters. The number of aliphatic hydroxyl groups excluding tert-OH is 1. The largest absolute Gasteiger partial charge is 0.389 e. The highest BCUT2D eigenvalue weighted by Gasteiger charge is 2.20. The summed E-state index contributed by atoms with van der Waals surface area (Å²) in [6.07, 6.45) is 3.30. The first-order chi connectivity index (χ1) is 8.68. The van der Waals surface area contributed by atoms with E-state index >= 15 is 0 Å². The van der Waals surface area contributed by atoms with Crippen LogP contribution in [0, 0.1) is 11.8 Å². The Hall–Kier alpha value is -0.160. The number of hydrogen-bond donors (Lipinski definition) is 2.